The molecule has 4 rings (SSSR count). The molecule has 1 aliphatic heterocycles. The van der Waals surface area contributed by atoms with Crippen molar-refractivity contribution in [3.8, 4) is 0 Å². The molecular weight excluding hydrogens is 379 g/mol. The van der Waals surface area contributed by atoms with Gasteiger partial charge in [-0.25, -0.2) is 19.2 Å². The lowest BCUT2D eigenvalue weighted by Crippen LogP contribution is -2.34. The average molecular weight is 400 g/mol. The molecule has 1 aliphatic rings. The molecule has 3 N–H and O–H groups in total. The molecule has 1 fully saturated rings. The second kappa shape index (κ2) is 8.00. The summed E-state index contributed by atoms with van der Waals surface area (Å²) in [6.07, 6.45) is 8.38. The second-order valence-electron chi connectivity index (χ2n) is 7.07. The molecule has 1 atom stereocenters. The number of aromatic nitrogens is 4. The number of carboxylic acid groups (broad SMARTS) is 1. The number of nitrogens with one attached hydrogen (secondary N) is 2. The summed E-state index contributed by atoms with van der Waals surface area (Å²) in [5, 5.41) is 12.5. The van der Waals surface area contributed by atoms with Crippen molar-refractivity contribution in [3.63, 3.8) is 0 Å². The molecule has 0 aliphatic carbocycles. The fraction of sp³-hybridized carbons (Fsp3) is 0.368. The van der Waals surface area contributed by atoms with E-state index in [4.69, 9.17) is 5.11 Å². The van der Waals surface area contributed by atoms with Crippen molar-refractivity contribution in [3.05, 3.63) is 52.6 Å². The number of aryl methyl sites for hydroxylation is 1. The number of halogens is 1. The Bertz CT molecular complexity index is 1080. The SMILES string of the molecule is O=C(O)c1c[nH]c2nc(N3CCC(NCCCn4ccnc4)C3)c(F)cc2c1=O. The maximum absolute atomic E-state index is 14.6. The topological polar surface area (TPSA) is 116 Å². The highest BCUT2D eigenvalue weighted by Gasteiger charge is 2.26. The van der Waals surface area contributed by atoms with Gasteiger partial charge in [0, 0.05) is 44.3 Å². The lowest BCUT2D eigenvalue weighted by Gasteiger charge is -2.19. The molecule has 9 nitrogen and oxygen atoms in total. The van der Waals surface area contributed by atoms with Crippen LogP contribution in [0.15, 0.2) is 35.8 Å². The molecule has 3 aromatic rings. The zero-order valence-corrected chi connectivity index (χ0v) is 15.6. The fourth-order valence-corrected chi connectivity index (χ4v) is 3.60. The first-order valence-corrected chi connectivity index (χ1v) is 9.42. The van der Waals surface area contributed by atoms with Gasteiger partial charge in [-0.2, -0.15) is 0 Å². The van der Waals surface area contributed by atoms with E-state index in [-0.39, 0.29) is 22.9 Å². The van der Waals surface area contributed by atoms with Crippen LogP contribution in [0, 0.1) is 5.82 Å². The normalized spacial score (nSPS) is 16.6. The van der Waals surface area contributed by atoms with Crippen LogP contribution in [-0.2, 0) is 6.54 Å². The number of nitrogens with zero attached hydrogens (tertiary/aromatic N) is 4. The van der Waals surface area contributed by atoms with E-state index >= 15 is 0 Å². The molecule has 3 aromatic heterocycles. The zero-order valence-electron chi connectivity index (χ0n) is 15.6. The molecule has 0 spiro atoms. The minimum atomic E-state index is -1.36. The molecule has 152 valence electrons. The first-order chi connectivity index (χ1) is 14.0. The molecule has 0 radical (unpaired) electrons. The number of anilines is 1. The highest BCUT2D eigenvalue weighted by Crippen LogP contribution is 2.24. The first-order valence-electron chi connectivity index (χ1n) is 9.42. The Hall–Kier alpha value is -3.27. The van der Waals surface area contributed by atoms with E-state index in [0.717, 1.165) is 38.2 Å². The van der Waals surface area contributed by atoms with E-state index in [1.165, 1.54) is 0 Å². The fourth-order valence-electron chi connectivity index (χ4n) is 3.60. The summed E-state index contributed by atoms with van der Waals surface area (Å²) in [6, 6.07) is 1.29. The van der Waals surface area contributed by atoms with E-state index in [9.17, 15) is 14.0 Å². The van der Waals surface area contributed by atoms with Crippen LogP contribution < -0.4 is 15.6 Å². The van der Waals surface area contributed by atoms with Crippen LogP contribution in [0.5, 0.6) is 0 Å². The average Bonchev–Trinajstić information content (AvgIpc) is 3.37. The third kappa shape index (κ3) is 3.97. The number of pyridine rings is 2. The van der Waals surface area contributed by atoms with Crippen molar-refractivity contribution >= 4 is 22.8 Å². The maximum atomic E-state index is 14.6. The van der Waals surface area contributed by atoms with Gasteiger partial charge in [0.1, 0.15) is 11.2 Å². The summed E-state index contributed by atoms with van der Waals surface area (Å²) in [7, 11) is 0. The lowest BCUT2D eigenvalue weighted by molar-refractivity contribution is 0.0695. The first kappa shape index (κ1) is 19.1. The number of aromatic amines is 1. The van der Waals surface area contributed by atoms with Crippen LogP contribution >= 0.6 is 0 Å². The molecular formula is C19H21FN6O3. The Morgan fingerprint density at radius 2 is 2.31 bits per heavy atom. The van der Waals surface area contributed by atoms with Gasteiger partial charge in [0.25, 0.3) is 0 Å². The molecule has 0 aromatic carbocycles. The smallest absolute Gasteiger partial charge is 0.341 e. The highest BCUT2D eigenvalue weighted by molar-refractivity contribution is 5.91. The number of fused-ring (bicyclic) bond motifs is 1. The van der Waals surface area contributed by atoms with E-state index in [1.807, 2.05) is 15.7 Å². The van der Waals surface area contributed by atoms with Crippen LogP contribution in [0.2, 0.25) is 0 Å². The van der Waals surface area contributed by atoms with Crippen LogP contribution in [0.3, 0.4) is 0 Å². The van der Waals surface area contributed by atoms with Crippen LogP contribution in [0.4, 0.5) is 10.2 Å². The van der Waals surface area contributed by atoms with Gasteiger partial charge >= 0.3 is 5.97 Å². The van der Waals surface area contributed by atoms with Gasteiger partial charge in [0.15, 0.2) is 11.6 Å². The summed E-state index contributed by atoms with van der Waals surface area (Å²) in [5.74, 6) is -1.83. The monoisotopic (exact) mass is 400 g/mol. The van der Waals surface area contributed by atoms with Gasteiger partial charge < -0.3 is 24.9 Å². The number of H-pyrrole nitrogens is 1. The number of imidazole rings is 1. The van der Waals surface area contributed by atoms with E-state index < -0.39 is 22.8 Å². The Morgan fingerprint density at radius 1 is 1.45 bits per heavy atom. The van der Waals surface area contributed by atoms with Crippen molar-refractivity contribution in [2.24, 2.45) is 0 Å². The van der Waals surface area contributed by atoms with Crippen LogP contribution in [0.1, 0.15) is 23.2 Å². The quantitative estimate of drug-likeness (QED) is 0.511. The molecule has 10 heteroatoms. The maximum Gasteiger partial charge on any atom is 0.341 e. The molecule has 0 amide bonds. The second-order valence-corrected chi connectivity index (χ2v) is 7.07. The molecule has 1 unspecified atom stereocenters. The Kier molecular flexibility index (Phi) is 5.26. The van der Waals surface area contributed by atoms with Crippen LogP contribution in [0.25, 0.3) is 11.0 Å². The van der Waals surface area contributed by atoms with Crippen molar-refractivity contribution in [1.82, 2.24) is 24.8 Å². The zero-order chi connectivity index (χ0) is 20.4. The van der Waals surface area contributed by atoms with Crippen LogP contribution in [-0.4, -0.2) is 56.3 Å². The van der Waals surface area contributed by atoms with Gasteiger partial charge in [-0.05, 0) is 25.5 Å². The number of hydrogen-bond acceptors (Lipinski definition) is 6. The van der Waals surface area contributed by atoms with Crippen molar-refractivity contribution in [2.75, 3.05) is 24.5 Å². The number of aromatic carboxylic acids is 1. The van der Waals surface area contributed by atoms with Gasteiger partial charge in [-0.3, -0.25) is 4.79 Å². The minimum Gasteiger partial charge on any atom is -0.477 e. The van der Waals surface area contributed by atoms with E-state index in [0.29, 0.717) is 13.1 Å². The predicted molar refractivity (Wildman–Crippen MR) is 105 cm³/mol. The lowest BCUT2D eigenvalue weighted by atomic mass is 10.2. The number of carbonyl (C=O) groups is 1. The Morgan fingerprint density at radius 3 is 3.07 bits per heavy atom. The van der Waals surface area contributed by atoms with Crippen molar-refractivity contribution in [2.45, 2.75) is 25.4 Å². The summed E-state index contributed by atoms with van der Waals surface area (Å²) in [5.41, 5.74) is -1.01. The van der Waals surface area contributed by atoms with Gasteiger partial charge in [-0.15, -0.1) is 0 Å². The highest BCUT2D eigenvalue weighted by atomic mass is 19.1. The largest absolute Gasteiger partial charge is 0.477 e. The standard InChI is InChI=1S/C19H21FN6O3/c20-15-8-13-16(27)14(19(28)29)9-23-17(13)24-18(15)26-6-2-12(10-26)22-3-1-5-25-7-4-21-11-25/h4,7-9,11-12,22H,1-3,5-6,10H2,(H,28,29)(H,23,24,27). The summed E-state index contributed by atoms with van der Waals surface area (Å²) >= 11 is 0. The summed E-state index contributed by atoms with van der Waals surface area (Å²) < 4.78 is 16.7. The number of carboxylic acids is 1. The van der Waals surface area contributed by atoms with E-state index in [2.05, 4.69) is 20.3 Å². The minimum absolute atomic E-state index is 0.0699. The predicted octanol–water partition coefficient (Wildman–Crippen LogP) is 1.22. The van der Waals surface area contributed by atoms with Gasteiger partial charge in [-0.1, -0.05) is 0 Å². The Balaban J connectivity index is 1.42. The third-order valence-corrected chi connectivity index (χ3v) is 5.10. The number of rotatable bonds is 7. The summed E-state index contributed by atoms with van der Waals surface area (Å²) in [4.78, 5) is 36.1. The third-order valence-electron chi connectivity index (χ3n) is 5.10. The van der Waals surface area contributed by atoms with Gasteiger partial charge in [0.2, 0.25) is 5.43 Å². The molecule has 4 heterocycles. The molecule has 0 saturated carbocycles. The summed E-state index contributed by atoms with van der Waals surface area (Å²) in [6.45, 7) is 2.98. The molecule has 0 bridgehead atoms. The Labute approximate surface area is 165 Å². The van der Waals surface area contributed by atoms with Crippen molar-refractivity contribution < 1.29 is 14.3 Å². The van der Waals surface area contributed by atoms with Gasteiger partial charge in [0.05, 0.1) is 11.7 Å². The number of hydrogen-bond donors (Lipinski definition) is 3. The van der Waals surface area contributed by atoms with E-state index in [1.54, 1.807) is 12.5 Å². The molecule has 29 heavy (non-hydrogen) atoms. The van der Waals surface area contributed by atoms with Crippen molar-refractivity contribution in [1.29, 1.82) is 0 Å². The molecule has 1 saturated heterocycles.